The molecule has 2 aromatic heterocycles. The van der Waals surface area contributed by atoms with Crippen LogP contribution in [0.4, 0.5) is 13.2 Å². The maximum atomic E-state index is 12.8. The Hall–Kier alpha value is -2.74. The SMILES string of the molecule is O=C(C1=CN(Cc2ccncc2)C(NCc2ccncc2)CC1)C(F)(F)F. The summed E-state index contributed by atoms with van der Waals surface area (Å²) in [5.74, 6) is -1.77. The highest BCUT2D eigenvalue weighted by Gasteiger charge is 2.41. The lowest BCUT2D eigenvalue weighted by Crippen LogP contribution is -2.45. The molecule has 0 aliphatic carbocycles. The molecule has 27 heavy (non-hydrogen) atoms. The number of carbonyl (C=O) groups excluding carboxylic acids is 1. The van der Waals surface area contributed by atoms with E-state index in [0.29, 0.717) is 19.5 Å². The summed E-state index contributed by atoms with van der Waals surface area (Å²) in [5, 5.41) is 3.35. The average molecular weight is 376 g/mol. The van der Waals surface area contributed by atoms with E-state index in [2.05, 4.69) is 15.3 Å². The van der Waals surface area contributed by atoms with Crippen LogP contribution in [0.1, 0.15) is 24.0 Å². The molecule has 0 fully saturated rings. The molecule has 0 amide bonds. The fourth-order valence-electron chi connectivity index (χ4n) is 2.98. The minimum atomic E-state index is -4.86. The Labute approximate surface area is 154 Å². The molecule has 0 bridgehead atoms. The van der Waals surface area contributed by atoms with E-state index in [9.17, 15) is 18.0 Å². The summed E-state index contributed by atoms with van der Waals surface area (Å²) in [6.07, 6.45) is 3.42. The van der Waals surface area contributed by atoms with Crippen molar-refractivity contribution in [3.8, 4) is 0 Å². The molecule has 0 radical (unpaired) electrons. The van der Waals surface area contributed by atoms with Crippen LogP contribution in [0.25, 0.3) is 0 Å². The second-order valence-corrected chi connectivity index (χ2v) is 6.30. The molecule has 8 heteroatoms. The maximum Gasteiger partial charge on any atom is 0.454 e. The first-order chi connectivity index (χ1) is 12.9. The van der Waals surface area contributed by atoms with Gasteiger partial charge in [-0.2, -0.15) is 13.2 Å². The first-order valence-electron chi connectivity index (χ1n) is 8.52. The van der Waals surface area contributed by atoms with Gasteiger partial charge in [-0.15, -0.1) is 0 Å². The standard InChI is InChI=1S/C19H19F3N4O/c20-19(21,22)18(27)16-1-2-17(25-11-14-3-7-23-8-4-14)26(13-16)12-15-5-9-24-10-6-15/h3-10,13,17,25H,1-2,11-12H2. The van der Waals surface area contributed by atoms with Crippen LogP contribution >= 0.6 is 0 Å². The Morgan fingerprint density at radius 1 is 1.07 bits per heavy atom. The summed E-state index contributed by atoms with van der Waals surface area (Å²) in [5.41, 5.74) is 1.71. The maximum absolute atomic E-state index is 12.8. The molecular formula is C19H19F3N4O. The van der Waals surface area contributed by atoms with Gasteiger partial charge in [0.1, 0.15) is 0 Å². The summed E-state index contributed by atoms with van der Waals surface area (Å²) in [4.78, 5) is 21.3. The van der Waals surface area contributed by atoms with E-state index >= 15 is 0 Å². The van der Waals surface area contributed by atoms with Crippen molar-refractivity contribution in [1.82, 2.24) is 20.2 Å². The molecule has 3 heterocycles. The van der Waals surface area contributed by atoms with Gasteiger partial charge in [0.2, 0.25) is 0 Å². The highest BCUT2D eigenvalue weighted by atomic mass is 19.4. The first-order valence-corrected chi connectivity index (χ1v) is 8.52. The van der Waals surface area contributed by atoms with Crippen molar-refractivity contribution in [3.63, 3.8) is 0 Å². The highest BCUT2D eigenvalue weighted by Crippen LogP contribution is 2.28. The van der Waals surface area contributed by atoms with Gasteiger partial charge in [0.05, 0.1) is 6.17 Å². The number of alkyl halides is 3. The Bertz CT molecular complexity index is 794. The topological polar surface area (TPSA) is 58.1 Å². The number of pyridine rings is 2. The number of nitrogens with zero attached hydrogens (tertiary/aromatic N) is 3. The quantitative estimate of drug-likeness (QED) is 0.839. The van der Waals surface area contributed by atoms with Crippen molar-refractivity contribution < 1.29 is 18.0 Å². The van der Waals surface area contributed by atoms with Crippen molar-refractivity contribution in [3.05, 3.63) is 72.0 Å². The molecule has 0 saturated heterocycles. The van der Waals surface area contributed by atoms with Gasteiger partial charge in [0, 0.05) is 49.6 Å². The number of ketones is 1. The molecule has 3 rings (SSSR count). The number of rotatable bonds is 6. The van der Waals surface area contributed by atoms with Crippen LogP contribution in [-0.2, 0) is 17.9 Å². The summed E-state index contributed by atoms with van der Waals surface area (Å²) < 4.78 is 38.4. The van der Waals surface area contributed by atoms with Gasteiger partial charge in [0.15, 0.2) is 0 Å². The third kappa shape index (κ3) is 5.13. The van der Waals surface area contributed by atoms with Crippen molar-refractivity contribution in [2.45, 2.75) is 38.3 Å². The van der Waals surface area contributed by atoms with Gasteiger partial charge in [-0.25, -0.2) is 0 Å². The Balaban J connectivity index is 1.77. The zero-order valence-electron chi connectivity index (χ0n) is 14.5. The largest absolute Gasteiger partial charge is 0.454 e. The number of hydrogen-bond donors (Lipinski definition) is 1. The number of hydrogen-bond acceptors (Lipinski definition) is 5. The second kappa shape index (κ2) is 8.30. The van der Waals surface area contributed by atoms with Crippen LogP contribution < -0.4 is 5.32 Å². The minimum Gasteiger partial charge on any atom is -0.357 e. The van der Waals surface area contributed by atoms with E-state index in [1.807, 2.05) is 12.1 Å². The van der Waals surface area contributed by atoms with E-state index in [1.165, 1.54) is 6.20 Å². The minimum absolute atomic E-state index is 0.0825. The summed E-state index contributed by atoms with van der Waals surface area (Å²) in [6.45, 7) is 0.932. The lowest BCUT2D eigenvalue weighted by molar-refractivity contribution is -0.167. The molecule has 1 aliphatic rings. The van der Waals surface area contributed by atoms with E-state index in [0.717, 1.165) is 11.1 Å². The van der Waals surface area contributed by atoms with E-state index < -0.39 is 12.0 Å². The van der Waals surface area contributed by atoms with Crippen LogP contribution in [0.5, 0.6) is 0 Å². The molecule has 1 N–H and O–H groups in total. The molecule has 2 aromatic rings. The first kappa shape index (κ1) is 19.0. The molecule has 0 aromatic carbocycles. The zero-order chi connectivity index (χ0) is 19.3. The van der Waals surface area contributed by atoms with Crippen molar-refractivity contribution in [2.75, 3.05) is 0 Å². The van der Waals surface area contributed by atoms with E-state index in [4.69, 9.17) is 0 Å². The van der Waals surface area contributed by atoms with Gasteiger partial charge in [-0.05, 0) is 48.2 Å². The average Bonchev–Trinajstić information content (AvgIpc) is 2.67. The summed E-state index contributed by atoms with van der Waals surface area (Å²) in [6, 6.07) is 7.34. The number of nitrogens with one attached hydrogen (secondary N) is 1. The fourth-order valence-corrected chi connectivity index (χ4v) is 2.98. The van der Waals surface area contributed by atoms with Crippen LogP contribution in [-0.4, -0.2) is 33.0 Å². The van der Waals surface area contributed by atoms with Gasteiger partial charge in [-0.1, -0.05) is 0 Å². The van der Waals surface area contributed by atoms with Crippen molar-refractivity contribution >= 4 is 5.78 Å². The van der Waals surface area contributed by atoms with Crippen LogP contribution in [0.15, 0.2) is 60.8 Å². The predicted molar refractivity (Wildman–Crippen MR) is 93.0 cm³/mol. The molecule has 1 aliphatic heterocycles. The zero-order valence-corrected chi connectivity index (χ0v) is 14.5. The number of aromatic nitrogens is 2. The van der Waals surface area contributed by atoms with Crippen LogP contribution in [0.3, 0.4) is 0 Å². The van der Waals surface area contributed by atoms with E-state index in [1.54, 1.807) is 41.8 Å². The number of carbonyl (C=O) groups is 1. The number of allylic oxidation sites excluding steroid dienone is 1. The molecule has 5 nitrogen and oxygen atoms in total. The van der Waals surface area contributed by atoms with Crippen molar-refractivity contribution in [1.29, 1.82) is 0 Å². The Kier molecular flexibility index (Phi) is 5.85. The van der Waals surface area contributed by atoms with Gasteiger partial charge < -0.3 is 4.90 Å². The Morgan fingerprint density at radius 2 is 1.67 bits per heavy atom. The van der Waals surface area contributed by atoms with Crippen molar-refractivity contribution in [2.24, 2.45) is 0 Å². The molecule has 0 saturated carbocycles. The number of halogens is 3. The van der Waals surface area contributed by atoms with E-state index in [-0.39, 0.29) is 18.2 Å². The fraction of sp³-hybridized carbons (Fsp3) is 0.316. The highest BCUT2D eigenvalue weighted by molar-refractivity contribution is 5.99. The predicted octanol–water partition coefficient (Wildman–Crippen LogP) is 3.20. The summed E-state index contributed by atoms with van der Waals surface area (Å²) in [7, 11) is 0. The smallest absolute Gasteiger partial charge is 0.357 e. The normalized spacial score (nSPS) is 17.5. The lowest BCUT2D eigenvalue weighted by Gasteiger charge is -2.36. The van der Waals surface area contributed by atoms with Gasteiger partial charge >= 0.3 is 6.18 Å². The Morgan fingerprint density at radius 3 is 2.26 bits per heavy atom. The monoisotopic (exact) mass is 376 g/mol. The molecule has 142 valence electrons. The molecule has 1 atom stereocenters. The van der Waals surface area contributed by atoms with Crippen LogP contribution in [0, 0.1) is 0 Å². The second-order valence-electron chi connectivity index (χ2n) is 6.30. The number of Topliss-reactive ketones (excluding diaryl/α,β-unsaturated/α-hetero) is 1. The third-order valence-electron chi connectivity index (χ3n) is 4.36. The van der Waals surface area contributed by atoms with Gasteiger partial charge in [0.25, 0.3) is 5.78 Å². The third-order valence-corrected chi connectivity index (χ3v) is 4.36. The van der Waals surface area contributed by atoms with Gasteiger partial charge in [-0.3, -0.25) is 20.1 Å². The lowest BCUT2D eigenvalue weighted by atomic mass is 10.00. The molecular weight excluding hydrogens is 357 g/mol. The molecule has 0 spiro atoms. The summed E-state index contributed by atoms with van der Waals surface area (Å²) >= 11 is 0. The van der Waals surface area contributed by atoms with Crippen LogP contribution in [0.2, 0.25) is 0 Å². The molecule has 1 unspecified atom stereocenters.